The first-order valence-corrected chi connectivity index (χ1v) is 7.92. The molecule has 5 nitrogen and oxygen atoms in total. The average Bonchev–Trinajstić information content (AvgIpc) is 2.65. The van der Waals surface area contributed by atoms with Gasteiger partial charge in [-0.15, -0.1) is 0 Å². The van der Waals surface area contributed by atoms with Crippen molar-refractivity contribution in [2.24, 2.45) is 0 Å². The molecule has 0 bridgehead atoms. The first-order valence-electron chi connectivity index (χ1n) is 7.92. The van der Waals surface area contributed by atoms with Crippen LogP contribution in [0.3, 0.4) is 0 Å². The SMILES string of the molecule is COc1cc(C#N)ccc1OCC(=O)NC(C)c1cccc(C(F)(F)F)c1. The standard InChI is InChI=1S/C19H17F3N2O3/c1-12(14-4-3-5-15(9-14)19(20,21)22)24-18(25)11-27-16-7-6-13(10-23)8-17(16)26-2/h3-9,12H,11H2,1-2H3,(H,24,25). The summed E-state index contributed by atoms with van der Waals surface area (Å²) in [6, 6.07) is 10.6. The van der Waals surface area contributed by atoms with Crippen molar-refractivity contribution in [3.8, 4) is 17.6 Å². The fourth-order valence-corrected chi connectivity index (χ4v) is 2.35. The molecule has 0 aliphatic heterocycles. The highest BCUT2D eigenvalue weighted by molar-refractivity contribution is 5.78. The first kappa shape index (κ1) is 20.1. The summed E-state index contributed by atoms with van der Waals surface area (Å²) in [5, 5.41) is 11.4. The van der Waals surface area contributed by atoms with E-state index in [4.69, 9.17) is 14.7 Å². The third kappa shape index (κ3) is 5.38. The maximum Gasteiger partial charge on any atom is 0.416 e. The molecule has 0 radical (unpaired) electrons. The fourth-order valence-electron chi connectivity index (χ4n) is 2.35. The summed E-state index contributed by atoms with van der Waals surface area (Å²) in [6.45, 7) is 1.22. The Kier molecular flexibility index (Phi) is 6.29. The minimum absolute atomic E-state index is 0.276. The van der Waals surface area contributed by atoms with Gasteiger partial charge in [-0.2, -0.15) is 18.4 Å². The molecule has 1 unspecified atom stereocenters. The van der Waals surface area contributed by atoms with Gasteiger partial charge in [0.2, 0.25) is 0 Å². The summed E-state index contributed by atoms with van der Waals surface area (Å²) in [6.07, 6.45) is -4.45. The molecule has 0 aliphatic rings. The summed E-state index contributed by atoms with van der Waals surface area (Å²) in [5.41, 5.74) is -0.0735. The van der Waals surface area contributed by atoms with Crippen molar-refractivity contribution in [3.63, 3.8) is 0 Å². The molecule has 2 aromatic rings. The summed E-state index contributed by atoms with van der Waals surface area (Å²) in [7, 11) is 1.40. The Labute approximate surface area is 154 Å². The van der Waals surface area contributed by atoms with Gasteiger partial charge in [-0.3, -0.25) is 4.79 Å². The highest BCUT2D eigenvalue weighted by Gasteiger charge is 2.30. The van der Waals surface area contributed by atoms with Gasteiger partial charge < -0.3 is 14.8 Å². The number of ether oxygens (including phenoxy) is 2. The molecule has 1 amide bonds. The van der Waals surface area contributed by atoms with Crippen LogP contribution < -0.4 is 14.8 Å². The Morgan fingerprint density at radius 3 is 2.59 bits per heavy atom. The number of carbonyl (C=O) groups excluding carboxylic acids is 1. The van der Waals surface area contributed by atoms with Crippen LogP contribution in [0.15, 0.2) is 42.5 Å². The van der Waals surface area contributed by atoms with E-state index in [1.807, 2.05) is 6.07 Å². The van der Waals surface area contributed by atoms with Crippen LogP contribution in [0.1, 0.15) is 29.7 Å². The van der Waals surface area contributed by atoms with E-state index in [0.717, 1.165) is 12.1 Å². The number of nitrogens with one attached hydrogen (secondary N) is 1. The van der Waals surface area contributed by atoms with Gasteiger partial charge in [0.15, 0.2) is 18.1 Å². The molecule has 0 saturated heterocycles. The summed E-state index contributed by atoms with van der Waals surface area (Å²) in [5.74, 6) is 0.0671. The quantitative estimate of drug-likeness (QED) is 0.829. The number of hydrogen-bond donors (Lipinski definition) is 1. The third-order valence-corrected chi connectivity index (χ3v) is 3.74. The van der Waals surface area contributed by atoms with Gasteiger partial charge >= 0.3 is 6.18 Å². The van der Waals surface area contributed by atoms with Gasteiger partial charge in [0.05, 0.1) is 30.3 Å². The van der Waals surface area contributed by atoms with Crippen molar-refractivity contribution >= 4 is 5.91 Å². The zero-order chi connectivity index (χ0) is 20.0. The maximum absolute atomic E-state index is 12.8. The van der Waals surface area contributed by atoms with Crippen LogP contribution >= 0.6 is 0 Å². The number of nitriles is 1. The van der Waals surface area contributed by atoms with Gasteiger partial charge in [-0.1, -0.05) is 12.1 Å². The molecule has 0 aliphatic carbocycles. The predicted octanol–water partition coefficient (Wildman–Crippen LogP) is 3.84. The van der Waals surface area contributed by atoms with Crippen LogP contribution in [0.25, 0.3) is 0 Å². The van der Waals surface area contributed by atoms with E-state index in [2.05, 4.69) is 5.32 Å². The van der Waals surface area contributed by atoms with Crippen LogP contribution in [0.4, 0.5) is 13.2 Å². The molecule has 1 atom stereocenters. The normalized spacial score (nSPS) is 12.0. The molecule has 8 heteroatoms. The van der Waals surface area contributed by atoms with Crippen molar-refractivity contribution in [1.82, 2.24) is 5.32 Å². The summed E-state index contributed by atoms with van der Waals surface area (Å²) in [4.78, 5) is 12.1. The first-order chi connectivity index (χ1) is 12.7. The van der Waals surface area contributed by atoms with Crippen molar-refractivity contribution in [3.05, 3.63) is 59.2 Å². The predicted molar refractivity (Wildman–Crippen MR) is 91.2 cm³/mol. The summed E-state index contributed by atoms with van der Waals surface area (Å²) >= 11 is 0. The second-order valence-corrected chi connectivity index (χ2v) is 5.68. The average molecular weight is 378 g/mol. The Balaban J connectivity index is 1.99. The summed E-state index contributed by atoms with van der Waals surface area (Å²) < 4.78 is 48.8. The van der Waals surface area contributed by atoms with Gasteiger partial charge in [0.25, 0.3) is 5.91 Å². The van der Waals surface area contributed by atoms with Gasteiger partial charge in [-0.05, 0) is 36.8 Å². The van der Waals surface area contributed by atoms with Crippen molar-refractivity contribution in [2.75, 3.05) is 13.7 Å². The van der Waals surface area contributed by atoms with Gasteiger partial charge in [0, 0.05) is 6.07 Å². The molecule has 0 spiro atoms. The topological polar surface area (TPSA) is 71.3 Å². The lowest BCUT2D eigenvalue weighted by Crippen LogP contribution is -2.31. The number of benzene rings is 2. The zero-order valence-corrected chi connectivity index (χ0v) is 14.6. The molecule has 2 aromatic carbocycles. The highest BCUT2D eigenvalue weighted by atomic mass is 19.4. The van der Waals surface area contributed by atoms with Crippen LogP contribution in [-0.2, 0) is 11.0 Å². The Hall–Kier alpha value is -3.21. The lowest BCUT2D eigenvalue weighted by molar-refractivity contribution is -0.137. The van der Waals surface area contributed by atoms with E-state index in [9.17, 15) is 18.0 Å². The number of nitrogens with zero attached hydrogens (tertiary/aromatic N) is 1. The Morgan fingerprint density at radius 2 is 1.96 bits per heavy atom. The van der Waals surface area contributed by atoms with Crippen LogP contribution in [0.5, 0.6) is 11.5 Å². The smallest absolute Gasteiger partial charge is 0.416 e. The van der Waals surface area contributed by atoms with E-state index < -0.39 is 23.7 Å². The molecule has 0 aromatic heterocycles. The van der Waals surface area contributed by atoms with E-state index in [0.29, 0.717) is 16.9 Å². The molecular formula is C19H17F3N2O3. The molecule has 0 fully saturated rings. The maximum atomic E-state index is 12.8. The number of hydrogen-bond acceptors (Lipinski definition) is 4. The van der Waals surface area contributed by atoms with E-state index in [1.54, 1.807) is 6.92 Å². The molecule has 2 rings (SSSR count). The van der Waals surface area contributed by atoms with E-state index >= 15 is 0 Å². The molecule has 1 N–H and O–H groups in total. The van der Waals surface area contributed by atoms with Crippen LogP contribution in [-0.4, -0.2) is 19.6 Å². The lowest BCUT2D eigenvalue weighted by Gasteiger charge is -2.17. The second-order valence-electron chi connectivity index (χ2n) is 5.68. The number of alkyl halides is 3. The Bertz CT molecular complexity index is 860. The minimum atomic E-state index is -4.45. The molecule has 142 valence electrons. The number of rotatable bonds is 6. The van der Waals surface area contributed by atoms with Gasteiger partial charge in [-0.25, -0.2) is 0 Å². The minimum Gasteiger partial charge on any atom is -0.493 e. The van der Waals surface area contributed by atoms with Crippen molar-refractivity contribution in [1.29, 1.82) is 5.26 Å². The van der Waals surface area contributed by atoms with Gasteiger partial charge in [0.1, 0.15) is 0 Å². The third-order valence-electron chi connectivity index (χ3n) is 3.74. The largest absolute Gasteiger partial charge is 0.493 e. The lowest BCUT2D eigenvalue weighted by atomic mass is 10.0. The van der Waals surface area contributed by atoms with Crippen molar-refractivity contribution in [2.45, 2.75) is 19.1 Å². The fraction of sp³-hybridized carbons (Fsp3) is 0.263. The molecular weight excluding hydrogens is 361 g/mol. The van der Waals surface area contributed by atoms with Crippen LogP contribution in [0, 0.1) is 11.3 Å². The Morgan fingerprint density at radius 1 is 1.22 bits per heavy atom. The number of carbonyl (C=O) groups is 1. The van der Waals surface area contributed by atoms with Crippen LogP contribution in [0.2, 0.25) is 0 Å². The molecule has 0 heterocycles. The number of halogens is 3. The zero-order valence-electron chi connectivity index (χ0n) is 14.6. The highest BCUT2D eigenvalue weighted by Crippen LogP contribution is 2.31. The monoisotopic (exact) mass is 378 g/mol. The molecule has 0 saturated carbocycles. The number of amides is 1. The molecule has 27 heavy (non-hydrogen) atoms. The van der Waals surface area contributed by atoms with Crippen molar-refractivity contribution < 1.29 is 27.4 Å². The van der Waals surface area contributed by atoms with E-state index in [-0.39, 0.29) is 12.4 Å². The van der Waals surface area contributed by atoms with E-state index in [1.165, 1.54) is 37.4 Å². The second kappa shape index (κ2) is 8.45. The number of methoxy groups -OCH3 is 1.